The number of benzene rings is 3. The van der Waals surface area contributed by atoms with Crippen molar-refractivity contribution in [3.63, 3.8) is 0 Å². The van der Waals surface area contributed by atoms with Gasteiger partial charge in [0.05, 0.1) is 18.2 Å². The Kier molecular flexibility index (Phi) is 4.52. The van der Waals surface area contributed by atoms with Crippen molar-refractivity contribution >= 4 is 39.4 Å². The van der Waals surface area contributed by atoms with E-state index in [0.29, 0.717) is 12.2 Å². The van der Waals surface area contributed by atoms with E-state index in [-0.39, 0.29) is 28.0 Å². The number of hydrogen-bond donors (Lipinski definition) is 2. The van der Waals surface area contributed by atoms with Gasteiger partial charge in [-0.3, -0.25) is 4.79 Å². The molecule has 0 unspecified atom stereocenters. The number of aromatic hydroxyl groups is 1. The summed E-state index contributed by atoms with van der Waals surface area (Å²) >= 11 is 6.29. The Morgan fingerprint density at radius 3 is 2.68 bits per heavy atom. The Labute approximate surface area is 186 Å². The maximum Gasteiger partial charge on any atom is 0.176 e. The van der Waals surface area contributed by atoms with Gasteiger partial charge in [0.1, 0.15) is 0 Å². The van der Waals surface area contributed by atoms with E-state index in [2.05, 4.69) is 43.4 Å². The zero-order valence-electron chi connectivity index (χ0n) is 17.8. The van der Waals surface area contributed by atoms with Crippen LogP contribution in [-0.2, 0) is 4.79 Å². The minimum Gasteiger partial charge on any atom is -0.503 e. The molecule has 1 atom stereocenters. The van der Waals surface area contributed by atoms with Gasteiger partial charge in [-0.15, -0.1) is 0 Å². The number of carbonyl (C=O) groups is 1. The van der Waals surface area contributed by atoms with Crippen LogP contribution < -0.4 is 10.1 Å². The van der Waals surface area contributed by atoms with Crippen LogP contribution in [0, 0.1) is 5.41 Å². The Morgan fingerprint density at radius 2 is 1.90 bits per heavy atom. The van der Waals surface area contributed by atoms with Crippen molar-refractivity contribution in [2.24, 2.45) is 5.41 Å². The van der Waals surface area contributed by atoms with E-state index in [9.17, 15) is 9.90 Å². The predicted octanol–water partition coefficient (Wildman–Crippen LogP) is 6.52. The molecule has 0 spiro atoms. The Morgan fingerprint density at radius 1 is 1.13 bits per heavy atom. The van der Waals surface area contributed by atoms with Gasteiger partial charge in [-0.05, 0) is 51.9 Å². The molecule has 3 aromatic carbocycles. The second-order valence-corrected chi connectivity index (χ2v) is 9.58. The van der Waals surface area contributed by atoms with Crippen molar-refractivity contribution in [2.75, 3.05) is 12.4 Å². The van der Waals surface area contributed by atoms with Crippen LogP contribution in [0.25, 0.3) is 16.3 Å². The molecule has 0 radical (unpaired) electrons. The van der Waals surface area contributed by atoms with Crippen molar-refractivity contribution < 1.29 is 14.6 Å². The van der Waals surface area contributed by atoms with Crippen molar-refractivity contribution in [3.05, 3.63) is 70.3 Å². The van der Waals surface area contributed by atoms with Gasteiger partial charge >= 0.3 is 0 Å². The lowest BCUT2D eigenvalue weighted by molar-refractivity contribution is -0.118. The summed E-state index contributed by atoms with van der Waals surface area (Å²) in [6.45, 7) is 4.30. The predicted molar refractivity (Wildman–Crippen MR) is 125 cm³/mol. The summed E-state index contributed by atoms with van der Waals surface area (Å²) in [5.41, 5.74) is 4.67. The van der Waals surface area contributed by atoms with Gasteiger partial charge < -0.3 is 15.2 Å². The highest BCUT2D eigenvalue weighted by Crippen LogP contribution is 2.52. The molecule has 0 aromatic heterocycles. The van der Waals surface area contributed by atoms with E-state index in [4.69, 9.17) is 16.3 Å². The molecule has 5 heteroatoms. The summed E-state index contributed by atoms with van der Waals surface area (Å²) < 4.78 is 5.32. The first-order valence-corrected chi connectivity index (χ1v) is 10.8. The van der Waals surface area contributed by atoms with Crippen molar-refractivity contribution in [2.45, 2.75) is 32.7 Å². The Hall–Kier alpha value is -2.98. The molecule has 4 nitrogen and oxygen atoms in total. The van der Waals surface area contributed by atoms with E-state index < -0.39 is 0 Å². The number of Topliss-reactive ketones (excluding diaryl/α,β-unsaturated/α-hetero) is 1. The molecule has 0 saturated heterocycles. The van der Waals surface area contributed by atoms with Crippen molar-refractivity contribution in [1.82, 2.24) is 0 Å². The average molecular weight is 434 g/mol. The van der Waals surface area contributed by atoms with Crippen molar-refractivity contribution in [1.29, 1.82) is 0 Å². The molecule has 0 bridgehead atoms. The quantitative estimate of drug-likeness (QED) is 0.483. The number of phenols is 1. The highest BCUT2D eigenvalue weighted by Gasteiger charge is 2.41. The Balaban J connectivity index is 1.79. The maximum atomic E-state index is 13.5. The second-order valence-electron chi connectivity index (χ2n) is 9.17. The number of ether oxygens (including phenoxy) is 1. The summed E-state index contributed by atoms with van der Waals surface area (Å²) in [6, 6.07) is 15.6. The summed E-state index contributed by atoms with van der Waals surface area (Å²) in [5, 5.41) is 16.3. The molecule has 1 heterocycles. The third-order valence-electron chi connectivity index (χ3n) is 6.34. The highest BCUT2D eigenvalue weighted by molar-refractivity contribution is 6.32. The van der Waals surface area contributed by atoms with Crippen LogP contribution in [0.2, 0.25) is 5.02 Å². The number of ketones is 1. The fraction of sp³-hybridized carbons (Fsp3) is 0.269. The third kappa shape index (κ3) is 3.17. The van der Waals surface area contributed by atoms with Crippen LogP contribution >= 0.6 is 11.6 Å². The lowest BCUT2D eigenvalue weighted by atomic mass is 9.68. The number of halogens is 1. The minimum atomic E-state index is -0.362. The number of allylic oxidation sites excluding steroid dienone is 1. The maximum absolute atomic E-state index is 13.5. The van der Waals surface area contributed by atoms with Crippen LogP contribution in [0.4, 0.5) is 5.69 Å². The zero-order chi connectivity index (χ0) is 21.9. The number of rotatable bonds is 2. The standard InChI is InChI=1S/C26H24ClNO3/c1-26(2)12-17-22-16-7-5-4-6-14(16)8-9-19(22)28-24(23(17)20(29)13-26)15-10-18(27)25(30)21(11-15)31-3/h4-11,24,28,30H,12-13H2,1-3H3/t24-/m1/s1. The lowest BCUT2D eigenvalue weighted by Crippen LogP contribution is -2.33. The van der Waals surface area contributed by atoms with E-state index in [0.717, 1.165) is 45.2 Å². The van der Waals surface area contributed by atoms with Gasteiger partial charge in [-0.2, -0.15) is 0 Å². The topological polar surface area (TPSA) is 58.6 Å². The minimum absolute atomic E-state index is 0.0968. The number of anilines is 1. The molecule has 1 aliphatic heterocycles. The third-order valence-corrected chi connectivity index (χ3v) is 6.63. The number of carbonyl (C=O) groups excluding carboxylic acids is 1. The molecule has 158 valence electrons. The van der Waals surface area contributed by atoms with Crippen molar-refractivity contribution in [3.8, 4) is 11.5 Å². The van der Waals surface area contributed by atoms with Gasteiger partial charge in [0.15, 0.2) is 17.3 Å². The molecule has 2 aliphatic rings. The first kappa shape index (κ1) is 20.0. The van der Waals surface area contributed by atoms with E-state index in [1.807, 2.05) is 12.1 Å². The van der Waals surface area contributed by atoms with Crippen LogP contribution in [0.1, 0.15) is 43.9 Å². The number of fused-ring (bicyclic) bond motifs is 4. The highest BCUT2D eigenvalue weighted by atomic mass is 35.5. The molecule has 0 fully saturated rings. The van der Waals surface area contributed by atoms with Crippen LogP contribution in [0.15, 0.2) is 54.1 Å². The van der Waals surface area contributed by atoms with Gasteiger partial charge in [-0.25, -0.2) is 0 Å². The fourth-order valence-corrected chi connectivity index (χ4v) is 5.22. The van der Waals surface area contributed by atoms with Crippen LogP contribution in [-0.4, -0.2) is 18.0 Å². The first-order valence-electron chi connectivity index (χ1n) is 10.4. The fourth-order valence-electron chi connectivity index (χ4n) is 5.00. The summed E-state index contributed by atoms with van der Waals surface area (Å²) in [6.07, 6.45) is 1.31. The molecule has 1 aliphatic carbocycles. The van der Waals surface area contributed by atoms with Gasteiger partial charge in [0.2, 0.25) is 0 Å². The molecule has 0 saturated carbocycles. The number of nitrogens with one attached hydrogen (secondary N) is 1. The monoisotopic (exact) mass is 433 g/mol. The second kappa shape index (κ2) is 7.03. The number of hydrogen-bond acceptors (Lipinski definition) is 4. The van der Waals surface area contributed by atoms with Gasteiger partial charge in [0.25, 0.3) is 0 Å². The molecule has 2 N–H and O–H groups in total. The molecular formula is C26H24ClNO3. The average Bonchev–Trinajstić information content (AvgIpc) is 2.73. The molecule has 0 amide bonds. The molecule has 5 rings (SSSR count). The molecule has 3 aromatic rings. The normalized spacial score (nSPS) is 19.6. The summed E-state index contributed by atoms with van der Waals surface area (Å²) in [4.78, 5) is 13.5. The zero-order valence-corrected chi connectivity index (χ0v) is 18.5. The van der Waals surface area contributed by atoms with E-state index in [1.165, 1.54) is 7.11 Å². The summed E-state index contributed by atoms with van der Waals surface area (Å²) in [5.74, 6) is 0.338. The molecular weight excluding hydrogens is 410 g/mol. The SMILES string of the molecule is COc1cc([C@H]2Nc3ccc4ccccc4c3C3=C2C(=O)CC(C)(C)C3)cc(Cl)c1O. The summed E-state index contributed by atoms with van der Waals surface area (Å²) in [7, 11) is 1.49. The van der Waals surface area contributed by atoms with Crippen LogP contribution in [0.5, 0.6) is 11.5 Å². The first-order chi connectivity index (χ1) is 14.8. The molecule has 31 heavy (non-hydrogen) atoms. The largest absolute Gasteiger partial charge is 0.503 e. The number of methoxy groups -OCH3 is 1. The lowest BCUT2D eigenvalue weighted by Gasteiger charge is -2.40. The van der Waals surface area contributed by atoms with E-state index in [1.54, 1.807) is 12.1 Å². The smallest absolute Gasteiger partial charge is 0.176 e. The van der Waals surface area contributed by atoms with Gasteiger partial charge in [-0.1, -0.05) is 55.8 Å². The Bertz CT molecular complexity index is 1280. The number of phenolic OH excluding ortho intramolecular Hbond substituents is 1. The van der Waals surface area contributed by atoms with E-state index >= 15 is 0 Å². The van der Waals surface area contributed by atoms with Gasteiger partial charge in [0, 0.05) is 23.2 Å². The van der Waals surface area contributed by atoms with Crippen LogP contribution in [0.3, 0.4) is 0 Å².